The molecule has 4 aromatic rings. The Morgan fingerprint density at radius 3 is 2.59 bits per heavy atom. The minimum atomic E-state index is 0.861. The number of aryl methyl sites for hydroxylation is 1. The summed E-state index contributed by atoms with van der Waals surface area (Å²) in [6.45, 7) is 7.36. The summed E-state index contributed by atoms with van der Waals surface area (Å²) >= 11 is 0. The average Bonchev–Trinajstić information content (AvgIpc) is 3.19. The lowest BCUT2D eigenvalue weighted by Gasteiger charge is -2.33. The quantitative estimate of drug-likeness (QED) is 0.584. The third-order valence-electron chi connectivity index (χ3n) is 5.66. The summed E-state index contributed by atoms with van der Waals surface area (Å²) in [7, 11) is 0. The molecule has 2 aromatic carbocycles. The maximum atomic E-state index is 4.62. The van der Waals surface area contributed by atoms with E-state index in [1.807, 2.05) is 10.9 Å². The lowest BCUT2D eigenvalue weighted by molar-refractivity contribution is -0.914. The highest BCUT2D eigenvalue weighted by atomic mass is 15.3. The maximum Gasteiger partial charge on any atom is 0.168 e. The van der Waals surface area contributed by atoms with Gasteiger partial charge in [0.05, 0.1) is 43.4 Å². The number of hydrogen-bond donors (Lipinski definition) is 1. The van der Waals surface area contributed by atoms with Crippen LogP contribution in [-0.4, -0.2) is 45.9 Å². The zero-order valence-corrected chi connectivity index (χ0v) is 16.6. The van der Waals surface area contributed by atoms with Crippen LogP contribution in [0.25, 0.3) is 16.7 Å². The molecule has 0 bridgehead atoms. The molecule has 3 heterocycles. The molecule has 0 radical (unpaired) electrons. The van der Waals surface area contributed by atoms with Crippen molar-refractivity contribution in [1.82, 2.24) is 19.7 Å². The van der Waals surface area contributed by atoms with Gasteiger partial charge in [-0.3, -0.25) is 0 Å². The Bertz CT molecular complexity index is 1110. The van der Waals surface area contributed by atoms with Crippen LogP contribution in [0.5, 0.6) is 0 Å². The Hall–Kier alpha value is -3.25. The number of nitrogens with zero attached hydrogens (tertiary/aromatic N) is 5. The van der Waals surface area contributed by atoms with Crippen molar-refractivity contribution in [2.45, 2.75) is 13.5 Å². The molecule has 6 heteroatoms. The first-order chi connectivity index (χ1) is 14.3. The maximum absolute atomic E-state index is 4.62. The van der Waals surface area contributed by atoms with Crippen LogP contribution in [0, 0.1) is 6.92 Å². The lowest BCUT2D eigenvalue weighted by atomic mass is 10.2. The normalized spacial score (nSPS) is 15.1. The topological polar surface area (TPSA) is 51.3 Å². The van der Waals surface area contributed by atoms with Crippen molar-refractivity contribution in [2.24, 2.45) is 0 Å². The van der Waals surface area contributed by atoms with E-state index in [0.717, 1.165) is 55.3 Å². The Morgan fingerprint density at radius 2 is 1.79 bits per heavy atom. The van der Waals surface area contributed by atoms with Gasteiger partial charge in [0.1, 0.15) is 18.7 Å². The zero-order valence-electron chi connectivity index (χ0n) is 16.6. The van der Waals surface area contributed by atoms with Gasteiger partial charge >= 0.3 is 0 Å². The molecule has 1 fully saturated rings. The van der Waals surface area contributed by atoms with Crippen LogP contribution in [0.2, 0.25) is 0 Å². The van der Waals surface area contributed by atoms with Crippen LogP contribution in [-0.2, 0) is 6.54 Å². The fourth-order valence-electron chi connectivity index (χ4n) is 4.13. The molecule has 0 aliphatic carbocycles. The molecule has 0 unspecified atom stereocenters. The van der Waals surface area contributed by atoms with Crippen LogP contribution in [0.4, 0.5) is 5.82 Å². The molecule has 1 N–H and O–H groups in total. The Kier molecular flexibility index (Phi) is 4.69. The second-order valence-electron chi connectivity index (χ2n) is 7.73. The molecule has 0 amide bonds. The first-order valence-corrected chi connectivity index (χ1v) is 10.2. The summed E-state index contributed by atoms with van der Waals surface area (Å²) in [5.74, 6) is 0.993. The summed E-state index contributed by atoms with van der Waals surface area (Å²) in [6, 6.07) is 19.1. The predicted molar refractivity (Wildman–Crippen MR) is 114 cm³/mol. The predicted octanol–water partition coefficient (Wildman–Crippen LogP) is 2.03. The Morgan fingerprint density at radius 1 is 0.966 bits per heavy atom. The van der Waals surface area contributed by atoms with Gasteiger partial charge in [-0.15, -0.1) is 0 Å². The first kappa shape index (κ1) is 17.8. The van der Waals surface area contributed by atoms with Crippen LogP contribution in [0.15, 0.2) is 67.1 Å². The molecular weight excluding hydrogens is 360 g/mol. The molecule has 5 rings (SSSR count). The van der Waals surface area contributed by atoms with Gasteiger partial charge in [0.2, 0.25) is 0 Å². The summed E-state index contributed by atoms with van der Waals surface area (Å²) in [5, 5.41) is 5.63. The fourth-order valence-corrected chi connectivity index (χ4v) is 4.13. The van der Waals surface area contributed by atoms with E-state index in [1.165, 1.54) is 11.1 Å². The Labute approximate surface area is 170 Å². The second kappa shape index (κ2) is 7.64. The number of quaternary nitrogens is 1. The highest BCUT2D eigenvalue weighted by molar-refractivity contribution is 5.87. The first-order valence-electron chi connectivity index (χ1n) is 10.2. The standard InChI is InChI=1S/C23H24N6/c1-18-6-5-9-20(14-18)29-23-21(15-26-29)22(24-17-25-23)28-12-10-27(11-13-28)16-19-7-3-2-4-8-19/h2-9,14-15,17H,10-13,16H2,1H3/p+1. The number of rotatable bonds is 4. The molecule has 0 saturated carbocycles. The second-order valence-corrected chi connectivity index (χ2v) is 7.73. The van der Waals surface area contributed by atoms with Crippen LogP contribution >= 0.6 is 0 Å². The van der Waals surface area contributed by atoms with E-state index < -0.39 is 0 Å². The zero-order chi connectivity index (χ0) is 19.6. The van der Waals surface area contributed by atoms with Crippen LogP contribution < -0.4 is 9.80 Å². The highest BCUT2D eigenvalue weighted by Gasteiger charge is 2.23. The van der Waals surface area contributed by atoms with Crippen LogP contribution in [0.3, 0.4) is 0 Å². The number of nitrogens with one attached hydrogen (secondary N) is 1. The minimum absolute atomic E-state index is 0.861. The van der Waals surface area contributed by atoms with Crippen molar-refractivity contribution in [2.75, 3.05) is 31.1 Å². The third kappa shape index (κ3) is 3.59. The van der Waals surface area contributed by atoms with E-state index in [1.54, 1.807) is 11.2 Å². The van der Waals surface area contributed by atoms with Gasteiger partial charge in [-0.1, -0.05) is 42.5 Å². The molecule has 146 valence electrons. The number of hydrogen-bond acceptors (Lipinski definition) is 4. The van der Waals surface area contributed by atoms with E-state index in [0.29, 0.717) is 0 Å². The van der Waals surface area contributed by atoms with Crippen molar-refractivity contribution < 1.29 is 4.90 Å². The molecule has 0 spiro atoms. The summed E-state index contributed by atoms with van der Waals surface area (Å²) in [6.07, 6.45) is 3.56. The molecule has 6 nitrogen and oxygen atoms in total. The van der Waals surface area contributed by atoms with Gasteiger partial charge in [0, 0.05) is 5.56 Å². The van der Waals surface area contributed by atoms with Crippen molar-refractivity contribution >= 4 is 16.9 Å². The van der Waals surface area contributed by atoms with Gasteiger partial charge in [0.15, 0.2) is 5.65 Å². The molecule has 1 aliphatic heterocycles. The summed E-state index contributed by atoms with van der Waals surface area (Å²) in [5.41, 5.74) is 4.50. The van der Waals surface area contributed by atoms with E-state index >= 15 is 0 Å². The van der Waals surface area contributed by atoms with Crippen molar-refractivity contribution in [3.05, 3.63) is 78.2 Å². The van der Waals surface area contributed by atoms with Gasteiger partial charge < -0.3 is 9.80 Å². The SMILES string of the molecule is Cc1cccc(-n2ncc3c(N4CC[NH+](Cc5ccccc5)CC4)ncnc32)c1. The number of benzene rings is 2. The number of anilines is 1. The number of fused-ring (bicyclic) bond motifs is 1. The molecule has 2 aromatic heterocycles. The minimum Gasteiger partial charge on any atom is -0.345 e. The van der Waals surface area contributed by atoms with Gasteiger partial charge in [-0.25, -0.2) is 14.6 Å². The van der Waals surface area contributed by atoms with Gasteiger partial charge in [0.25, 0.3) is 0 Å². The van der Waals surface area contributed by atoms with Crippen molar-refractivity contribution in [1.29, 1.82) is 0 Å². The van der Waals surface area contributed by atoms with Gasteiger partial charge in [-0.05, 0) is 24.6 Å². The molecule has 0 atom stereocenters. The van der Waals surface area contributed by atoms with E-state index in [-0.39, 0.29) is 0 Å². The summed E-state index contributed by atoms with van der Waals surface area (Å²) in [4.78, 5) is 13.1. The molecule has 1 aliphatic rings. The number of aromatic nitrogens is 4. The molecule has 1 saturated heterocycles. The Balaban J connectivity index is 1.36. The number of piperazine rings is 1. The molecular formula is C23H25N6+. The van der Waals surface area contributed by atoms with Gasteiger partial charge in [-0.2, -0.15) is 5.10 Å². The van der Waals surface area contributed by atoms with Crippen molar-refractivity contribution in [3.8, 4) is 5.69 Å². The molecule has 29 heavy (non-hydrogen) atoms. The van der Waals surface area contributed by atoms with Crippen molar-refractivity contribution in [3.63, 3.8) is 0 Å². The van der Waals surface area contributed by atoms with E-state index in [9.17, 15) is 0 Å². The fraction of sp³-hybridized carbons (Fsp3) is 0.261. The highest BCUT2D eigenvalue weighted by Crippen LogP contribution is 2.24. The van der Waals surface area contributed by atoms with E-state index in [2.05, 4.69) is 81.5 Å². The van der Waals surface area contributed by atoms with Crippen LogP contribution in [0.1, 0.15) is 11.1 Å². The largest absolute Gasteiger partial charge is 0.345 e. The smallest absolute Gasteiger partial charge is 0.168 e. The average molecular weight is 385 g/mol. The monoisotopic (exact) mass is 385 g/mol. The van der Waals surface area contributed by atoms with E-state index in [4.69, 9.17) is 0 Å². The lowest BCUT2D eigenvalue weighted by Crippen LogP contribution is -3.13. The summed E-state index contributed by atoms with van der Waals surface area (Å²) < 4.78 is 1.91. The third-order valence-corrected chi connectivity index (χ3v) is 5.66.